The van der Waals surface area contributed by atoms with Crippen molar-refractivity contribution in [3.05, 3.63) is 77.7 Å². The van der Waals surface area contributed by atoms with E-state index in [0.29, 0.717) is 34.8 Å². The van der Waals surface area contributed by atoms with Crippen LogP contribution in [-0.2, 0) is 18.9 Å². The number of alkyl halides is 6. The topological polar surface area (TPSA) is 53.9 Å². The molecular formula is C28H25F6N5. The maximum atomic E-state index is 13.7. The maximum absolute atomic E-state index is 13.7. The number of hydrogen-bond acceptors (Lipinski definition) is 5. The van der Waals surface area contributed by atoms with Gasteiger partial charge in [-0.25, -0.2) is 9.97 Å². The molecule has 1 N–H and O–H groups in total. The summed E-state index contributed by atoms with van der Waals surface area (Å²) in [7, 11) is 0. The van der Waals surface area contributed by atoms with Gasteiger partial charge in [-0.2, -0.15) is 26.3 Å². The van der Waals surface area contributed by atoms with Crippen LogP contribution >= 0.6 is 0 Å². The van der Waals surface area contributed by atoms with Crippen LogP contribution < -0.4 is 5.32 Å². The molecule has 0 saturated carbocycles. The van der Waals surface area contributed by atoms with E-state index in [9.17, 15) is 26.3 Å². The molecule has 0 aliphatic carbocycles. The minimum Gasteiger partial charge on any atom is -0.340 e. The number of anilines is 2. The summed E-state index contributed by atoms with van der Waals surface area (Å²) in [6.45, 7) is 2.21. The minimum absolute atomic E-state index is 0.211. The Labute approximate surface area is 220 Å². The Bertz CT molecular complexity index is 1440. The third kappa shape index (κ3) is 6.30. The Morgan fingerprint density at radius 2 is 1.51 bits per heavy atom. The van der Waals surface area contributed by atoms with Crippen LogP contribution in [0, 0.1) is 0 Å². The lowest BCUT2D eigenvalue weighted by Gasteiger charge is -2.20. The smallest absolute Gasteiger partial charge is 0.340 e. The lowest BCUT2D eigenvalue weighted by molar-refractivity contribution is -0.138. The van der Waals surface area contributed by atoms with Crippen molar-refractivity contribution in [2.75, 3.05) is 18.4 Å². The van der Waals surface area contributed by atoms with Crippen molar-refractivity contribution in [1.82, 2.24) is 19.9 Å². The van der Waals surface area contributed by atoms with Gasteiger partial charge in [0.15, 0.2) is 0 Å². The largest absolute Gasteiger partial charge is 0.418 e. The number of likely N-dealkylation sites (tertiary alicyclic amines) is 1. The van der Waals surface area contributed by atoms with Crippen LogP contribution in [0.1, 0.15) is 42.6 Å². The van der Waals surface area contributed by atoms with Gasteiger partial charge >= 0.3 is 12.4 Å². The molecule has 1 aliphatic rings. The molecule has 11 heteroatoms. The molecule has 0 amide bonds. The highest BCUT2D eigenvalue weighted by Gasteiger charge is 2.34. The van der Waals surface area contributed by atoms with Gasteiger partial charge in [0.2, 0.25) is 0 Å². The molecule has 3 heterocycles. The number of hydrogen-bond donors (Lipinski definition) is 1. The molecule has 5 nitrogen and oxygen atoms in total. The van der Waals surface area contributed by atoms with Crippen molar-refractivity contribution < 1.29 is 26.3 Å². The summed E-state index contributed by atoms with van der Waals surface area (Å²) < 4.78 is 80.0. The molecule has 1 aliphatic heterocycles. The van der Waals surface area contributed by atoms with E-state index in [2.05, 4.69) is 25.2 Å². The van der Waals surface area contributed by atoms with Crippen LogP contribution in [-0.4, -0.2) is 32.9 Å². The van der Waals surface area contributed by atoms with Crippen molar-refractivity contribution in [3.8, 4) is 11.3 Å². The number of benzene rings is 2. The van der Waals surface area contributed by atoms with Gasteiger partial charge in [-0.1, -0.05) is 18.9 Å². The van der Waals surface area contributed by atoms with Gasteiger partial charge in [0.05, 0.1) is 28.9 Å². The fourth-order valence-corrected chi connectivity index (χ4v) is 4.73. The predicted octanol–water partition coefficient (Wildman–Crippen LogP) is 7.85. The predicted molar refractivity (Wildman–Crippen MR) is 136 cm³/mol. The minimum atomic E-state index is -4.59. The zero-order valence-corrected chi connectivity index (χ0v) is 20.8. The van der Waals surface area contributed by atoms with E-state index in [1.807, 2.05) is 0 Å². The van der Waals surface area contributed by atoms with E-state index in [4.69, 9.17) is 0 Å². The summed E-state index contributed by atoms with van der Waals surface area (Å²) in [5, 5.41) is 3.59. The molecule has 0 atom stereocenters. The Morgan fingerprint density at radius 3 is 2.18 bits per heavy atom. The number of nitrogens with one attached hydrogen (secondary N) is 1. The van der Waals surface area contributed by atoms with Crippen LogP contribution in [0.5, 0.6) is 0 Å². The average Bonchev–Trinajstić information content (AvgIpc) is 3.16. The van der Waals surface area contributed by atoms with Crippen molar-refractivity contribution in [2.24, 2.45) is 0 Å². The average molecular weight is 546 g/mol. The number of pyridine rings is 1. The van der Waals surface area contributed by atoms with Gasteiger partial charge in [-0.3, -0.25) is 9.88 Å². The number of halogens is 6. The maximum Gasteiger partial charge on any atom is 0.418 e. The lowest BCUT2D eigenvalue weighted by Crippen LogP contribution is -2.25. The number of nitrogens with zero attached hydrogens (tertiary/aromatic N) is 4. The zero-order valence-electron chi connectivity index (χ0n) is 20.8. The fourth-order valence-electron chi connectivity index (χ4n) is 4.73. The molecule has 5 rings (SSSR count). The molecule has 0 bridgehead atoms. The van der Waals surface area contributed by atoms with Crippen LogP contribution in [0.15, 0.2) is 60.8 Å². The second-order valence-electron chi connectivity index (χ2n) is 9.51. The fraction of sp³-hybridized carbons (Fsp3) is 0.321. The molecule has 2 aromatic heterocycles. The quantitative estimate of drug-likeness (QED) is 0.259. The molecule has 0 unspecified atom stereocenters. The standard InChI is InChI=1S/C28H25F6N5/c29-27(30,31)19-8-10-20(11-9-19)36-26-21-12-7-18(25-22(28(32,33)34)6-5-13-35-25)16-23(21)37-24(38-26)17-39-14-3-1-2-4-15-39/h5-13,16H,1-4,14-15,17H2,(H,36,37,38). The summed E-state index contributed by atoms with van der Waals surface area (Å²) >= 11 is 0. The molecule has 1 fully saturated rings. The lowest BCUT2D eigenvalue weighted by atomic mass is 10.0. The van der Waals surface area contributed by atoms with Crippen LogP contribution in [0.2, 0.25) is 0 Å². The molecule has 0 radical (unpaired) electrons. The molecule has 0 spiro atoms. The second kappa shape index (κ2) is 10.8. The normalized spacial score (nSPS) is 15.3. The highest BCUT2D eigenvalue weighted by molar-refractivity contribution is 5.93. The summed E-state index contributed by atoms with van der Waals surface area (Å²) in [4.78, 5) is 15.6. The third-order valence-corrected chi connectivity index (χ3v) is 6.67. The highest BCUT2D eigenvalue weighted by Crippen LogP contribution is 2.37. The first kappa shape index (κ1) is 26.9. The molecule has 1 saturated heterocycles. The van der Waals surface area contributed by atoms with Crippen molar-refractivity contribution in [1.29, 1.82) is 0 Å². The highest BCUT2D eigenvalue weighted by atomic mass is 19.4. The van der Waals surface area contributed by atoms with E-state index in [-0.39, 0.29) is 11.3 Å². The summed E-state index contributed by atoms with van der Waals surface area (Å²) in [6, 6.07) is 11.4. The van der Waals surface area contributed by atoms with Crippen LogP contribution in [0.3, 0.4) is 0 Å². The Kier molecular flexibility index (Phi) is 7.44. The third-order valence-electron chi connectivity index (χ3n) is 6.67. The van der Waals surface area contributed by atoms with Gasteiger partial charge in [0, 0.05) is 22.8 Å². The van der Waals surface area contributed by atoms with Gasteiger partial charge in [-0.05, 0) is 74.5 Å². The first-order valence-electron chi connectivity index (χ1n) is 12.6. The van der Waals surface area contributed by atoms with Crippen molar-refractivity contribution >= 4 is 22.4 Å². The Morgan fingerprint density at radius 1 is 0.795 bits per heavy atom. The number of aromatic nitrogens is 3. The SMILES string of the molecule is FC(F)(F)c1ccc(Nc2nc(CN3CCCCCC3)nc3cc(-c4ncccc4C(F)(F)F)ccc23)cc1. The van der Waals surface area contributed by atoms with Crippen LogP contribution in [0.25, 0.3) is 22.2 Å². The number of fused-ring (bicyclic) bond motifs is 1. The molecular weight excluding hydrogens is 520 g/mol. The van der Waals surface area contributed by atoms with E-state index < -0.39 is 23.5 Å². The van der Waals surface area contributed by atoms with Gasteiger partial charge in [0.25, 0.3) is 0 Å². The van der Waals surface area contributed by atoms with E-state index >= 15 is 0 Å². The van der Waals surface area contributed by atoms with Gasteiger partial charge in [0.1, 0.15) is 11.6 Å². The zero-order chi connectivity index (χ0) is 27.6. The van der Waals surface area contributed by atoms with Crippen LogP contribution in [0.4, 0.5) is 37.8 Å². The summed E-state index contributed by atoms with van der Waals surface area (Å²) in [5.74, 6) is 0.821. The Hall–Kier alpha value is -3.73. The summed E-state index contributed by atoms with van der Waals surface area (Å²) in [6.07, 6.45) is -3.36. The molecule has 4 aromatic rings. The second-order valence-corrected chi connectivity index (χ2v) is 9.51. The van der Waals surface area contributed by atoms with Gasteiger partial charge < -0.3 is 5.32 Å². The van der Waals surface area contributed by atoms with E-state index in [1.165, 1.54) is 30.5 Å². The Balaban J connectivity index is 1.56. The van der Waals surface area contributed by atoms with Crippen molar-refractivity contribution in [2.45, 2.75) is 44.6 Å². The van der Waals surface area contributed by atoms with Gasteiger partial charge in [-0.15, -0.1) is 0 Å². The summed E-state index contributed by atoms with van der Waals surface area (Å²) in [5.41, 5.74) is -0.807. The molecule has 2 aromatic carbocycles. The molecule has 204 valence electrons. The van der Waals surface area contributed by atoms with E-state index in [1.54, 1.807) is 12.1 Å². The van der Waals surface area contributed by atoms with E-state index in [0.717, 1.165) is 57.0 Å². The first-order valence-corrected chi connectivity index (χ1v) is 12.6. The molecule has 39 heavy (non-hydrogen) atoms. The van der Waals surface area contributed by atoms with Crippen molar-refractivity contribution in [3.63, 3.8) is 0 Å². The number of rotatable bonds is 5. The first-order chi connectivity index (χ1) is 18.6. The monoisotopic (exact) mass is 545 g/mol.